The van der Waals surface area contributed by atoms with Gasteiger partial charge in [-0.25, -0.2) is 9.97 Å². The van der Waals surface area contributed by atoms with Gasteiger partial charge in [-0.2, -0.15) is 5.10 Å². The maximum absolute atomic E-state index is 11.3. The predicted molar refractivity (Wildman–Crippen MR) is 102 cm³/mol. The van der Waals surface area contributed by atoms with Crippen molar-refractivity contribution in [2.24, 2.45) is 0 Å². The Bertz CT molecular complexity index is 998. The number of nitrogens with zero attached hydrogens (tertiary/aromatic N) is 4. The second-order valence-electron chi connectivity index (χ2n) is 6.32. The second-order valence-corrected chi connectivity index (χ2v) is 6.32. The predicted octanol–water partition coefficient (Wildman–Crippen LogP) is 3.00. The van der Waals surface area contributed by atoms with E-state index in [4.69, 9.17) is 9.72 Å². The number of hydrogen-bond acceptors (Lipinski definition) is 6. The summed E-state index contributed by atoms with van der Waals surface area (Å²) in [5.74, 6) is 1.58. The molecule has 0 spiro atoms. The Balaban J connectivity index is 1.72. The molecule has 1 aliphatic rings. The number of benzene rings is 1. The summed E-state index contributed by atoms with van der Waals surface area (Å²) < 4.78 is 7.26. The van der Waals surface area contributed by atoms with Gasteiger partial charge in [-0.3, -0.25) is 9.48 Å². The van der Waals surface area contributed by atoms with Crippen molar-refractivity contribution in [3.63, 3.8) is 0 Å². The van der Waals surface area contributed by atoms with Crippen LogP contribution in [0.3, 0.4) is 0 Å². The summed E-state index contributed by atoms with van der Waals surface area (Å²) in [5.41, 5.74) is 3.55. The van der Waals surface area contributed by atoms with E-state index in [9.17, 15) is 4.79 Å². The van der Waals surface area contributed by atoms with Crippen LogP contribution in [-0.4, -0.2) is 32.8 Å². The summed E-state index contributed by atoms with van der Waals surface area (Å²) in [4.78, 5) is 20.5. The van der Waals surface area contributed by atoms with Crippen molar-refractivity contribution >= 4 is 23.4 Å². The zero-order valence-corrected chi connectivity index (χ0v) is 15.2. The summed E-state index contributed by atoms with van der Waals surface area (Å²) >= 11 is 0. The van der Waals surface area contributed by atoms with Crippen molar-refractivity contribution < 1.29 is 9.53 Å². The number of hydrogen-bond donors (Lipinski definition) is 2. The first kappa shape index (κ1) is 17.0. The number of anilines is 3. The molecule has 8 nitrogen and oxygen atoms in total. The molecule has 0 radical (unpaired) electrons. The number of carbonyl (C=O) groups excluding carboxylic acids is 1. The van der Waals surface area contributed by atoms with E-state index in [0.29, 0.717) is 17.5 Å². The first-order valence-electron chi connectivity index (χ1n) is 8.76. The number of rotatable bonds is 4. The summed E-state index contributed by atoms with van der Waals surface area (Å²) in [6, 6.07) is 9.46. The summed E-state index contributed by atoms with van der Waals surface area (Å²) in [7, 11) is 1.63. The average molecular weight is 364 g/mol. The molecule has 2 aromatic heterocycles. The minimum atomic E-state index is -0.148. The molecular formula is C19H20N6O2. The van der Waals surface area contributed by atoms with Crippen LogP contribution in [0.1, 0.15) is 18.9 Å². The van der Waals surface area contributed by atoms with Crippen molar-refractivity contribution in [1.29, 1.82) is 0 Å². The van der Waals surface area contributed by atoms with Gasteiger partial charge in [0, 0.05) is 25.7 Å². The number of amides is 1. The molecular weight excluding hydrogens is 344 g/mol. The van der Waals surface area contributed by atoms with E-state index in [1.165, 1.54) is 6.92 Å². The van der Waals surface area contributed by atoms with Gasteiger partial charge >= 0.3 is 0 Å². The Morgan fingerprint density at radius 1 is 1.30 bits per heavy atom. The van der Waals surface area contributed by atoms with Crippen LogP contribution >= 0.6 is 0 Å². The lowest BCUT2D eigenvalue weighted by Crippen LogP contribution is -2.07. The van der Waals surface area contributed by atoms with E-state index in [-0.39, 0.29) is 5.91 Å². The normalized spacial score (nSPS) is 12.5. The van der Waals surface area contributed by atoms with Crippen LogP contribution in [0.5, 0.6) is 5.75 Å². The maximum Gasteiger partial charge on any atom is 0.227 e. The van der Waals surface area contributed by atoms with E-state index in [1.807, 2.05) is 41.2 Å². The van der Waals surface area contributed by atoms with Crippen molar-refractivity contribution in [3.8, 4) is 17.1 Å². The van der Waals surface area contributed by atoms with Crippen LogP contribution in [-0.2, 0) is 17.8 Å². The van der Waals surface area contributed by atoms with Crippen LogP contribution in [0.4, 0.5) is 17.5 Å². The molecule has 138 valence electrons. The Labute approximate surface area is 156 Å². The van der Waals surface area contributed by atoms with Gasteiger partial charge in [0.1, 0.15) is 5.75 Å². The van der Waals surface area contributed by atoms with Gasteiger partial charge in [-0.15, -0.1) is 0 Å². The molecule has 3 aromatic rings. The van der Waals surface area contributed by atoms with Gasteiger partial charge in [0.2, 0.25) is 11.9 Å². The summed E-state index contributed by atoms with van der Waals surface area (Å²) in [6.45, 7) is 2.23. The highest BCUT2D eigenvalue weighted by molar-refractivity contribution is 5.88. The van der Waals surface area contributed by atoms with Gasteiger partial charge in [0.05, 0.1) is 24.2 Å². The quantitative estimate of drug-likeness (QED) is 0.739. The van der Waals surface area contributed by atoms with Crippen LogP contribution in [0.2, 0.25) is 0 Å². The number of ether oxygens (including phenoxy) is 1. The Hall–Kier alpha value is -3.42. The fraction of sp³-hybridized carbons (Fsp3) is 0.263. The molecule has 0 saturated carbocycles. The van der Waals surface area contributed by atoms with Gasteiger partial charge in [0.25, 0.3) is 0 Å². The van der Waals surface area contributed by atoms with Crippen LogP contribution in [0.25, 0.3) is 11.4 Å². The minimum absolute atomic E-state index is 0.148. The molecule has 0 unspecified atom stereocenters. The number of fused-ring (bicyclic) bond motifs is 3. The molecule has 27 heavy (non-hydrogen) atoms. The van der Waals surface area contributed by atoms with Crippen molar-refractivity contribution in [1.82, 2.24) is 19.7 Å². The molecule has 2 N–H and O–H groups in total. The fourth-order valence-corrected chi connectivity index (χ4v) is 3.18. The zero-order chi connectivity index (χ0) is 18.8. The molecule has 0 atom stereocenters. The second kappa shape index (κ2) is 7.06. The Kier molecular flexibility index (Phi) is 4.45. The first-order chi connectivity index (χ1) is 13.1. The lowest BCUT2D eigenvalue weighted by atomic mass is 10.1. The van der Waals surface area contributed by atoms with E-state index in [2.05, 4.69) is 20.7 Å². The third kappa shape index (κ3) is 3.46. The van der Waals surface area contributed by atoms with Crippen molar-refractivity contribution in [2.45, 2.75) is 26.3 Å². The maximum atomic E-state index is 11.3. The number of para-hydroxylation sites is 2. The van der Waals surface area contributed by atoms with E-state index < -0.39 is 0 Å². The summed E-state index contributed by atoms with van der Waals surface area (Å²) in [5, 5.41) is 10.4. The van der Waals surface area contributed by atoms with Crippen LogP contribution in [0.15, 0.2) is 36.5 Å². The zero-order valence-electron chi connectivity index (χ0n) is 15.2. The van der Waals surface area contributed by atoms with Gasteiger partial charge < -0.3 is 15.4 Å². The molecule has 4 rings (SSSR count). The van der Waals surface area contributed by atoms with Gasteiger partial charge in [-0.05, 0) is 30.5 Å². The molecule has 3 heterocycles. The number of nitrogens with one attached hydrogen (secondary N) is 2. The first-order valence-corrected chi connectivity index (χ1v) is 8.76. The van der Waals surface area contributed by atoms with Crippen LogP contribution in [0, 0.1) is 0 Å². The highest BCUT2D eigenvalue weighted by atomic mass is 16.5. The fourth-order valence-electron chi connectivity index (χ4n) is 3.18. The van der Waals surface area contributed by atoms with Crippen molar-refractivity contribution in [3.05, 3.63) is 42.1 Å². The minimum Gasteiger partial charge on any atom is -0.495 e. The number of aryl methyl sites for hydroxylation is 2. The van der Waals surface area contributed by atoms with Gasteiger partial charge in [-0.1, -0.05) is 12.1 Å². The molecule has 0 saturated heterocycles. The summed E-state index contributed by atoms with van der Waals surface area (Å²) in [6.07, 6.45) is 3.66. The Morgan fingerprint density at radius 2 is 2.15 bits per heavy atom. The SMILES string of the molecule is COc1ccccc1Nc1ncc2c(n1)-c1cc(NC(C)=O)nn1CCC2. The third-order valence-corrected chi connectivity index (χ3v) is 4.36. The number of carbonyl (C=O) groups is 1. The molecule has 0 fully saturated rings. The van der Waals surface area contributed by atoms with E-state index >= 15 is 0 Å². The smallest absolute Gasteiger partial charge is 0.227 e. The van der Waals surface area contributed by atoms with Gasteiger partial charge in [0.15, 0.2) is 5.82 Å². The lowest BCUT2D eigenvalue weighted by Gasteiger charge is -2.11. The molecule has 1 aromatic carbocycles. The standard InChI is InChI=1S/C19H20N6O2/c1-12(26)21-17-10-15-18-13(6-5-9-25(15)24-17)11-20-19(23-18)22-14-7-3-4-8-16(14)27-2/h3-4,7-8,10-11H,5-6,9H2,1-2H3,(H,20,22,23)(H,21,24,26). The number of methoxy groups -OCH3 is 1. The molecule has 0 aliphatic carbocycles. The molecule has 0 bridgehead atoms. The number of aromatic nitrogens is 4. The average Bonchev–Trinajstić information content (AvgIpc) is 2.97. The molecule has 1 amide bonds. The Morgan fingerprint density at radius 3 is 2.96 bits per heavy atom. The molecule has 8 heteroatoms. The van der Waals surface area contributed by atoms with Crippen molar-refractivity contribution in [2.75, 3.05) is 17.7 Å². The largest absolute Gasteiger partial charge is 0.495 e. The van der Waals surface area contributed by atoms with Crippen LogP contribution < -0.4 is 15.4 Å². The highest BCUT2D eigenvalue weighted by Gasteiger charge is 2.20. The monoisotopic (exact) mass is 364 g/mol. The highest BCUT2D eigenvalue weighted by Crippen LogP contribution is 2.31. The lowest BCUT2D eigenvalue weighted by molar-refractivity contribution is -0.114. The van der Waals surface area contributed by atoms with E-state index in [0.717, 1.165) is 42.0 Å². The molecule has 1 aliphatic heterocycles. The van der Waals surface area contributed by atoms with E-state index in [1.54, 1.807) is 7.11 Å². The topological polar surface area (TPSA) is 94.0 Å². The third-order valence-electron chi connectivity index (χ3n) is 4.36.